The van der Waals surface area contributed by atoms with E-state index in [1.54, 1.807) is 35.6 Å². The molecule has 1 N–H and O–H groups in total. The van der Waals surface area contributed by atoms with Crippen LogP contribution in [0.15, 0.2) is 41.8 Å². The smallest absolute Gasteiger partial charge is 0.316 e. The number of nitrogens with zero attached hydrogens (tertiary/aromatic N) is 1. The molecule has 23 heavy (non-hydrogen) atoms. The molecule has 0 fully saturated rings. The quantitative estimate of drug-likeness (QED) is 0.780. The van der Waals surface area contributed by atoms with Gasteiger partial charge in [0, 0.05) is 16.3 Å². The van der Waals surface area contributed by atoms with Gasteiger partial charge in [-0.3, -0.25) is 9.59 Å². The molecule has 5 nitrogen and oxygen atoms in total. The second-order valence-electron chi connectivity index (χ2n) is 4.47. The second-order valence-corrected chi connectivity index (χ2v) is 6.49. The number of hydrogen-bond donors (Lipinski definition) is 1. The first-order valence-corrected chi connectivity index (χ1v) is 8.76. The van der Waals surface area contributed by atoms with E-state index in [1.807, 2.05) is 23.6 Å². The number of nitriles is 1. The molecule has 0 aliphatic heterocycles. The van der Waals surface area contributed by atoms with E-state index in [1.165, 1.54) is 16.6 Å². The number of rotatable bonds is 7. The van der Waals surface area contributed by atoms with Crippen molar-refractivity contribution in [3.63, 3.8) is 0 Å². The SMILES string of the molecule is N#Cc1ccc(NC(=O)COC(=O)CSCc2cccs2)cc1. The predicted molar refractivity (Wildman–Crippen MR) is 91.2 cm³/mol. The molecule has 1 aromatic heterocycles. The Labute approximate surface area is 142 Å². The normalized spacial score (nSPS) is 9.87. The van der Waals surface area contributed by atoms with Gasteiger partial charge in [-0.15, -0.1) is 23.1 Å². The highest BCUT2D eigenvalue weighted by atomic mass is 32.2. The number of carbonyl (C=O) groups excluding carboxylic acids is 2. The van der Waals surface area contributed by atoms with E-state index in [0.717, 1.165) is 5.75 Å². The van der Waals surface area contributed by atoms with Crippen molar-refractivity contribution in [2.75, 3.05) is 17.7 Å². The molecule has 7 heteroatoms. The van der Waals surface area contributed by atoms with Crippen molar-refractivity contribution < 1.29 is 14.3 Å². The zero-order chi connectivity index (χ0) is 16.5. The summed E-state index contributed by atoms with van der Waals surface area (Å²) in [5.41, 5.74) is 1.06. The Morgan fingerprint density at radius 3 is 2.70 bits per heavy atom. The van der Waals surface area contributed by atoms with Gasteiger partial charge in [0.25, 0.3) is 5.91 Å². The van der Waals surface area contributed by atoms with Crippen molar-refractivity contribution >= 4 is 40.7 Å². The maximum Gasteiger partial charge on any atom is 0.316 e. The average molecular weight is 346 g/mol. The van der Waals surface area contributed by atoms with Crippen LogP contribution >= 0.6 is 23.1 Å². The topological polar surface area (TPSA) is 79.2 Å². The van der Waals surface area contributed by atoms with E-state index in [-0.39, 0.29) is 12.4 Å². The third kappa shape index (κ3) is 6.14. The number of benzene rings is 1. The van der Waals surface area contributed by atoms with Crippen LogP contribution in [0, 0.1) is 11.3 Å². The molecule has 0 radical (unpaired) electrons. The lowest BCUT2D eigenvalue weighted by Gasteiger charge is -2.06. The molecule has 2 rings (SSSR count). The Hall–Kier alpha value is -2.30. The van der Waals surface area contributed by atoms with E-state index in [2.05, 4.69) is 5.32 Å². The minimum atomic E-state index is -0.415. The summed E-state index contributed by atoms with van der Waals surface area (Å²) in [6, 6.07) is 12.4. The largest absolute Gasteiger partial charge is 0.455 e. The second kappa shape index (κ2) is 8.98. The van der Waals surface area contributed by atoms with Gasteiger partial charge in [0.05, 0.1) is 17.4 Å². The van der Waals surface area contributed by atoms with Gasteiger partial charge in [-0.1, -0.05) is 6.07 Å². The predicted octanol–water partition coefficient (Wildman–Crippen LogP) is 3.03. The van der Waals surface area contributed by atoms with Gasteiger partial charge < -0.3 is 10.1 Å². The Morgan fingerprint density at radius 2 is 2.04 bits per heavy atom. The highest BCUT2D eigenvalue weighted by Gasteiger charge is 2.08. The molecule has 0 aliphatic rings. The molecular formula is C16H14N2O3S2. The molecule has 0 saturated carbocycles. The van der Waals surface area contributed by atoms with Gasteiger partial charge in [0.2, 0.25) is 0 Å². The van der Waals surface area contributed by atoms with Crippen LogP contribution in [0.1, 0.15) is 10.4 Å². The monoisotopic (exact) mass is 346 g/mol. The summed E-state index contributed by atoms with van der Waals surface area (Å²) >= 11 is 3.09. The molecule has 0 unspecified atom stereocenters. The highest BCUT2D eigenvalue weighted by Crippen LogP contribution is 2.17. The minimum Gasteiger partial charge on any atom is -0.455 e. The number of amides is 1. The summed E-state index contributed by atoms with van der Waals surface area (Å²) in [4.78, 5) is 24.4. The maximum absolute atomic E-state index is 11.7. The van der Waals surface area contributed by atoms with E-state index in [9.17, 15) is 9.59 Å². The van der Waals surface area contributed by atoms with Crippen LogP contribution in [-0.4, -0.2) is 24.2 Å². The van der Waals surface area contributed by atoms with Gasteiger partial charge in [0.15, 0.2) is 6.61 Å². The standard InChI is InChI=1S/C16H14N2O3S2/c17-8-12-3-5-13(6-4-12)18-15(19)9-21-16(20)11-22-10-14-2-1-7-23-14/h1-7H,9-11H2,(H,18,19). The van der Waals surface area contributed by atoms with Crippen molar-refractivity contribution in [1.82, 2.24) is 0 Å². The lowest BCUT2D eigenvalue weighted by atomic mass is 10.2. The maximum atomic E-state index is 11.7. The number of thioether (sulfide) groups is 1. The average Bonchev–Trinajstić information content (AvgIpc) is 3.07. The van der Waals surface area contributed by atoms with Crippen LogP contribution in [0.2, 0.25) is 0 Å². The number of carbonyl (C=O) groups is 2. The summed E-state index contributed by atoms with van der Waals surface area (Å²) in [5.74, 6) is 0.138. The molecule has 0 atom stereocenters. The lowest BCUT2D eigenvalue weighted by Crippen LogP contribution is -2.21. The number of esters is 1. The molecule has 2 aromatic rings. The van der Waals surface area contributed by atoms with Crippen molar-refractivity contribution in [3.8, 4) is 6.07 Å². The van der Waals surface area contributed by atoms with Gasteiger partial charge >= 0.3 is 5.97 Å². The van der Waals surface area contributed by atoms with Gasteiger partial charge in [-0.2, -0.15) is 5.26 Å². The fourth-order valence-corrected chi connectivity index (χ4v) is 3.30. The Morgan fingerprint density at radius 1 is 1.26 bits per heavy atom. The van der Waals surface area contributed by atoms with Crippen LogP contribution in [0.4, 0.5) is 5.69 Å². The van der Waals surface area contributed by atoms with E-state index in [0.29, 0.717) is 11.3 Å². The van der Waals surface area contributed by atoms with Crippen molar-refractivity contribution in [2.45, 2.75) is 5.75 Å². The van der Waals surface area contributed by atoms with Crippen LogP contribution in [0.5, 0.6) is 0 Å². The highest BCUT2D eigenvalue weighted by molar-refractivity contribution is 7.99. The molecule has 0 spiro atoms. The number of nitrogens with one attached hydrogen (secondary N) is 1. The van der Waals surface area contributed by atoms with Gasteiger partial charge in [0.1, 0.15) is 0 Å². The molecule has 0 bridgehead atoms. The van der Waals surface area contributed by atoms with Gasteiger partial charge in [-0.25, -0.2) is 0 Å². The number of hydrogen-bond acceptors (Lipinski definition) is 6. The van der Waals surface area contributed by atoms with Crippen molar-refractivity contribution in [1.29, 1.82) is 5.26 Å². The van der Waals surface area contributed by atoms with Crippen LogP contribution in [0.3, 0.4) is 0 Å². The zero-order valence-corrected chi connectivity index (χ0v) is 13.8. The molecule has 1 amide bonds. The molecule has 0 aliphatic carbocycles. The summed E-state index contributed by atoms with van der Waals surface area (Å²) < 4.78 is 4.92. The molecule has 118 valence electrons. The summed E-state index contributed by atoms with van der Waals surface area (Å²) in [5, 5.41) is 13.3. The molecule has 1 heterocycles. The Bertz CT molecular complexity index is 691. The van der Waals surface area contributed by atoms with Crippen LogP contribution in [0.25, 0.3) is 0 Å². The zero-order valence-electron chi connectivity index (χ0n) is 12.2. The lowest BCUT2D eigenvalue weighted by molar-refractivity contribution is -0.144. The van der Waals surface area contributed by atoms with Crippen LogP contribution in [-0.2, 0) is 20.1 Å². The number of ether oxygens (including phenoxy) is 1. The van der Waals surface area contributed by atoms with Crippen molar-refractivity contribution in [2.24, 2.45) is 0 Å². The fraction of sp³-hybridized carbons (Fsp3) is 0.188. The molecule has 1 aromatic carbocycles. The Kier molecular flexibility index (Phi) is 6.66. The summed E-state index contributed by atoms with van der Waals surface area (Å²) in [7, 11) is 0. The third-order valence-electron chi connectivity index (χ3n) is 2.71. The Balaban J connectivity index is 1.65. The summed E-state index contributed by atoms with van der Waals surface area (Å²) in [6.07, 6.45) is 0. The number of thiophene rings is 1. The van der Waals surface area contributed by atoms with Crippen molar-refractivity contribution in [3.05, 3.63) is 52.2 Å². The molecular weight excluding hydrogens is 332 g/mol. The van der Waals surface area contributed by atoms with E-state index < -0.39 is 11.9 Å². The first kappa shape index (κ1) is 17.1. The first-order valence-electron chi connectivity index (χ1n) is 6.73. The van der Waals surface area contributed by atoms with Crippen LogP contribution < -0.4 is 5.32 Å². The number of anilines is 1. The third-order valence-corrected chi connectivity index (χ3v) is 4.72. The fourth-order valence-electron chi connectivity index (χ4n) is 1.64. The first-order chi connectivity index (χ1) is 11.2. The minimum absolute atomic E-state index is 0.210. The van der Waals surface area contributed by atoms with E-state index in [4.69, 9.17) is 10.00 Å². The molecule has 0 saturated heterocycles. The van der Waals surface area contributed by atoms with Gasteiger partial charge in [-0.05, 0) is 35.7 Å². The van der Waals surface area contributed by atoms with E-state index >= 15 is 0 Å². The summed E-state index contributed by atoms with van der Waals surface area (Å²) in [6.45, 7) is -0.321.